The van der Waals surface area contributed by atoms with Crippen LogP contribution in [-0.2, 0) is 9.47 Å². The summed E-state index contributed by atoms with van der Waals surface area (Å²) in [4.78, 5) is 23.1. The van der Waals surface area contributed by atoms with Crippen molar-refractivity contribution >= 4 is 12.2 Å². The predicted molar refractivity (Wildman–Crippen MR) is 56.6 cm³/mol. The largest absolute Gasteiger partial charge is 0.448 e. The average molecular weight is 228 g/mol. The van der Waals surface area contributed by atoms with Gasteiger partial charge in [0.15, 0.2) is 0 Å². The van der Waals surface area contributed by atoms with Gasteiger partial charge in [-0.2, -0.15) is 0 Å². The van der Waals surface area contributed by atoms with E-state index < -0.39 is 12.2 Å². The fourth-order valence-electron chi connectivity index (χ4n) is 1.29. The molecular weight excluding hydrogens is 212 g/mol. The van der Waals surface area contributed by atoms with E-state index in [1.165, 1.54) is 10.0 Å². The van der Waals surface area contributed by atoms with Crippen molar-refractivity contribution in [2.75, 3.05) is 26.3 Å². The Balaban J connectivity index is 2.68. The van der Waals surface area contributed by atoms with Crippen LogP contribution in [0.5, 0.6) is 0 Å². The molecule has 0 bridgehead atoms. The van der Waals surface area contributed by atoms with Crippen LogP contribution in [0, 0.1) is 0 Å². The Hall–Kier alpha value is -1.72. The number of carbonyl (C=O) groups excluding carboxylic acids is 2. The Labute approximate surface area is 94.4 Å². The maximum absolute atomic E-state index is 11.5. The molecule has 90 valence electrons. The smallest absolute Gasteiger partial charge is 0.429 e. The maximum atomic E-state index is 11.5. The summed E-state index contributed by atoms with van der Waals surface area (Å²) in [6, 6.07) is 0. The van der Waals surface area contributed by atoms with E-state index in [1.807, 2.05) is 0 Å². The second kappa shape index (κ2) is 5.99. The molecule has 0 unspecified atom stereocenters. The molecule has 0 spiro atoms. The van der Waals surface area contributed by atoms with Crippen LogP contribution in [0.25, 0.3) is 0 Å². The molecule has 0 saturated heterocycles. The molecule has 0 saturated carbocycles. The second-order valence-electron chi connectivity index (χ2n) is 3.03. The zero-order chi connectivity index (χ0) is 12.0. The topological polar surface area (TPSA) is 59.1 Å². The zero-order valence-corrected chi connectivity index (χ0v) is 9.51. The van der Waals surface area contributed by atoms with E-state index in [0.717, 1.165) is 0 Å². The third kappa shape index (κ3) is 2.88. The number of hydrogen-bond acceptors (Lipinski definition) is 4. The first-order valence-corrected chi connectivity index (χ1v) is 5.24. The molecule has 0 atom stereocenters. The highest BCUT2D eigenvalue weighted by Crippen LogP contribution is 2.09. The van der Waals surface area contributed by atoms with E-state index in [-0.39, 0.29) is 13.2 Å². The Morgan fingerprint density at radius 3 is 1.69 bits per heavy atom. The van der Waals surface area contributed by atoms with Crippen LogP contribution in [0.4, 0.5) is 9.59 Å². The van der Waals surface area contributed by atoms with Crippen molar-refractivity contribution in [3.8, 4) is 0 Å². The first kappa shape index (κ1) is 12.4. The van der Waals surface area contributed by atoms with Crippen LogP contribution in [0.1, 0.15) is 13.8 Å². The molecule has 16 heavy (non-hydrogen) atoms. The summed E-state index contributed by atoms with van der Waals surface area (Å²) in [5.74, 6) is 0. The Morgan fingerprint density at radius 2 is 1.38 bits per heavy atom. The summed E-state index contributed by atoms with van der Waals surface area (Å²) in [5.41, 5.74) is 0. The molecule has 6 heteroatoms. The van der Waals surface area contributed by atoms with Crippen molar-refractivity contribution in [1.82, 2.24) is 10.0 Å². The second-order valence-corrected chi connectivity index (χ2v) is 3.03. The van der Waals surface area contributed by atoms with Crippen LogP contribution in [0.2, 0.25) is 0 Å². The molecule has 0 aromatic heterocycles. The van der Waals surface area contributed by atoms with Crippen molar-refractivity contribution in [1.29, 1.82) is 0 Å². The van der Waals surface area contributed by atoms with Crippen molar-refractivity contribution in [3.05, 3.63) is 12.2 Å². The van der Waals surface area contributed by atoms with E-state index in [2.05, 4.69) is 0 Å². The van der Waals surface area contributed by atoms with Gasteiger partial charge in [-0.1, -0.05) is 12.2 Å². The molecule has 1 rings (SSSR count). The van der Waals surface area contributed by atoms with Gasteiger partial charge in [0.05, 0.1) is 26.3 Å². The van der Waals surface area contributed by atoms with Gasteiger partial charge in [0.25, 0.3) is 0 Å². The van der Waals surface area contributed by atoms with Crippen molar-refractivity contribution in [2.24, 2.45) is 0 Å². The van der Waals surface area contributed by atoms with E-state index >= 15 is 0 Å². The standard InChI is InChI=1S/C10H16N2O4/c1-3-15-9(13)11-7-5-6-8-12(11)10(14)16-4-2/h5-6H,3-4,7-8H2,1-2H3. The summed E-state index contributed by atoms with van der Waals surface area (Å²) in [5, 5.41) is 2.45. The first-order valence-electron chi connectivity index (χ1n) is 5.24. The minimum atomic E-state index is -0.542. The monoisotopic (exact) mass is 228 g/mol. The van der Waals surface area contributed by atoms with Gasteiger partial charge in [0, 0.05) is 0 Å². The molecule has 0 aromatic carbocycles. The van der Waals surface area contributed by atoms with Crippen LogP contribution in [0.15, 0.2) is 12.2 Å². The fourth-order valence-corrected chi connectivity index (χ4v) is 1.29. The highest BCUT2D eigenvalue weighted by atomic mass is 16.6. The highest BCUT2D eigenvalue weighted by Gasteiger charge is 2.28. The minimum absolute atomic E-state index is 0.274. The highest BCUT2D eigenvalue weighted by molar-refractivity contribution is 5.74. The Morgan fingerprint density at radius 1 is 1.00 bits per heavy atom. The van der Waals surface area contributed by atoms with Gasteiger partial charge in [-0.05, 0) is 13.8 Å². The van der Waals surface area contributed by atoms with E-state index in [0.29, 0.717) is 13.1 Å². The third-order valence-electron chi connectivity index (χ3n) is 1.97. The Bertz CT molecular complexity index is 263. The number of carbonyl (C=O) groups is 2. The lowest BCUT2D eigenvalue weighted by atomic mass is 10.4. The normalized spacial score (nSPS) is 14.9. The molecule has 2 amide bonds. The van der Waals surface area contributed by atoms with Gasteiger partial charge < -0.3 is 9.47 Å². The zero-order valence-electron chi connectivity index (χ0n) is 9.51. The SMILES string of the molecule is CCOC(=O)N1CC=CCN1C(=O)OCC. The molecule has 0 radical (unpaired) electrons. The number of rotatable bonds is 2. The van der Waals surface area contributed by atoms with Crippen LogP contribution >= 0.6 is 0 Å². The van der Waals surface area contributed by atoms with Gasteiger partial charge in [0.1, 0.15) is 0 Å². The molecule has 1 aliphatic rings. The molecule has 6 nitrogen and oxygen atoms in total. The van der Waals surface area contributed by atoms with Crippen molar-refractivity contribution in [2.45, 2.75) is 13.8 Å². The molecule has 0 N–H and O–H groups in total. The molecule has 0 aromatic rings. The van der Waals surface area contributed by atoms with E-state index in [4.69, 9.17) is 9.47 Å². The molecule has 0 aliphatic carbocycles. The van der Waals surface area contributed by atoms with Crippen LogP contribution in [-0.4, -0.2) is 48.5 Å². The van der Waals surface area contributed by atoms with E-state index in [1.54, 1.807) is 26.0 Å². The predicted octanol–water partition coefficient (Wildman–Crippen LogP) is 1.39. The first-order chi connectivity index (χ1) is 7.70. The summed E-state index contributed by atoms with van der Waals surface area (Å²) in [7, 11) is 0. The van der Waals surface area contributed by atoms with Gasteiger partial charge in [-0.3, -0.25) is 0 Å². The van der Waals surface area contributed by atoms with Gasteiger partial charge >= 0.3 is 12.2 Å². The number of nitrogens with zero attached hydrogens (tertiary/aromatic N) is 2. The van der Waals surface area contributed by atoms with Gasteiger partial charge in [-0.15, -0.1) is 0 Å². The van der Waals surface area contributed by atoms with Crippen LogP contribution in [0.3, 0.4) is 0 Å². The Kier molecular flexibility index (Phi) is 4.63. The summed E-state index contributed by atoms with van der Waals surface area (Å²) in [6.07, 6.45) is 2.51. The summed E-state index contributed by atoms with van der Waals surface area (Å²) < 4.78 is 9.69. The summed E-state index contributed by atoms with van der Waals surface area (Å²) >= 11 is 0. The lowest BCUT2D eigenvalue weighted by Crippen LogP contribution is -2.52. The van der Waals surface area contributed by atoms with Crippen molar-refractivity contribution < 1.29 is 19.1 Å². The maximum Gasteiger partial charge on any atom is 0.429 e. The number of hydrazine groups is 1. The summed E-state index contributed by atoms with van der Waals surface area (Å²) in [6.45, 7) is 4.61. The fraction of sp³-hybridized carbons (Fsp3) is 0.600. The number of ether oxygens (including phenoxy) is 2. The lowest BCUT2D eigenvalue weighted by Gasteiger charge is -2.33. The average Bonchev–Trinajstić information content (AvgIpc) is 2.30. The van der Waals surface area contributed by atoms with E-state index in [9.17, 15) is 9.59 Å². The van der Waals surface area contributed by atoms with Crippen LogP contribution < -0.4 is 0 Å². The minimum Gasteiger partial charge on any atom is -0.448 e. The number of amides is 2. The molecule has 1 aliphatic heterocycles. The molecule has 0 fully saturated rings. The van der Waals surface area contributed by atoms with Gasteiger partial charge in [0.2, 0.25) is 0 Å². The molecular formula is C10H16N2O4. The molecule has 1 heterocycles. The van der Waals surface area contributed by atoms with Crippen molar-refractivity contribution in [3.63, 3.8) is 0 Å². The third-order valence-corrected chi connectivity index (χ3v) is 1.97. The van der Waals surface area contributed by atoms with Gasteiger partial charge in [-0.25, -0.2) is 19.6 Å². The quantitative estimate of drug-likeness (QED) is 0.670. The lowest BCUT2D eigenvalue weighted by molar-refractivity contribution is -0.0114. The number of hydrogen-bond donors (Lipinski definition) is 0.